The van der Waals surface area contributed by atoms with Crippen molar-refractivity contribution in [1.29, 1.82) is 0 Å². The van der Waals surface area contributed by atoms with Crippen molar-refractivity contribution in [2.24, 2.45) is 16.6 Å². The Hall–Kier alpha value is -3.13. The molecule has 1 aromatic heterocycles. The van der Waals surface area contributed by atoms with Gasteiger partial charge in [0.15, 0.2) is 5.96 Å². The van der Waals surface area contributed by atoms with Crippen LogP contribution in [-0.2, 0) is 16.9 Å². The first kappa shape index (κ1) is 23.5. The zero-order valence-corrected chi connectivity index (χ0v) is 18.9. The molecule has 0 aliphatic carbocycles. The third kappa shape index (κ3) is 6.20. The van der Waals surface area contributed by atoms with Crippen molar-refractivity contribution in [2.75, 3.05) is 31.1 Å². The minimum absolute atomic E-state index is 0.0570. The number of nitrogens with one attached hydrogen (secondary N) is 2. The van der Waals surface area contributed by atoms with Crippen molar-refractivity contribution < 1.29 is 9.90 Å². The van der Waals surface area contributed by atoms with E-state index in [1.165, 1.54) is 0 Å². The summed E-state index contributed by atoms with van der Waals surface area (Å²) in [5.41, 5.74) is 6.29. The van der Waals surface area contributed by atoms with Gasteiger partial charge in [-0.05, 0) is 38.3 Å². The number of hydrogen-bond donors (Lipinski definition) is 4. The molecular formula is C24H34N6O2. The minimum Gasteiger partial charge on any atom is -0.384 e. The van der Waals surface area contributed by atoms with E-state index in [0.29, 0.717) is 25.6 Å². The van der Waals surface area contributed by atoms with E-state index >= 15 is 0 Å². The fourth-order valence-corrected chi connectivity index (χ4v) is 3.88. The lowest BCUT2D eigenvalue weighted by molar-refractivity contribution is -0.122. The van der Waals surface area contributed by atoms with E-state index in [2.05, 4.69) is 20.5 Å². The molecule has 8 nitrogen and oxygen atoms in total. The first-order valence-corrected chi connectivity index (χ1v) is 11.2. The molecule has 2 aromatic rings. The molecule has 1 atom stereocenters. The molecule has 0 saturated carbocycles. The summed E-state index contributed by atoms with van der Waals surface area (Å²) in [6.45, 7) is 6.77. The van der Waals surface area contributed by atoms with E-state index in [4.69, 9.17) is 10.7 Å². The molecule has 0 bridgehead atoms. The summed E-state index contributed by atoms with van der Waals surface area (Å²) < 4.78 is 0. The van der Waals surface area contributed by atoms with Crippen molar-refractivity contribution in [3.8, 4) is 0 Å². The maximum Gasteiger partial charge on any atom is 0.220 e. The fraction of sp³-hybridized carbons (Fsp3) is 0.458. The fourth-order valence-electron chi connectivity index (χ4n) is 3.88. The number of piperidine rings is 1. The zero-order chi connectivity index (χ0) is 23.0. The number of benzene rings is 1. The Labute approximate surface area is 189 Å². The van der Waals surface area contributed by atoms with Crippen LogP contribution in [0.4, 0.5) is 5.82 Å². The van der Waals surface area contributed by atoms with E-state index in [1.54, 1.807) is 13.1 Å². The van der Waals surface area contributed by atoms with Crippen LogP contribution in [-0.4, -0.2) is 48.1 Å². The number of anilines is 1. The highest BCUT2D eigenvalue weighted by Crippen LogP contribution is 2.25. The number of carbonyl (C=O) groups excluding carboxylic acids is 1. The molecule has 1 fully saturated rings. The largest absolute Gasteiger partial charge is 0.384 e. The van der Waals surface area contributed by atoms with Crippen LogP contribution in [0.3, 0.4) is 0 Å². The quantitative estimate of drug-likeness (QED) is 0.369. The van der Waals surface area contributed by atoms with Gasteiger partial charge in [-0.2, -0.15) is 0 Å². The van der Waals surface area contributed by atoms with Gasteiger partial charge < -0.3 is 26.4 Å². The SMILES string of the molecule is CCNC(=NCc1cccnc1N1CCC(C(N)=O)CC1)NCC(C)(O)c1ccccc1. The van der Waals surface area contributed by atoms with Gasteiger partial charge in [0.2, 0.25) is 5.91 Å². The first-order chi connectivity index (χ1) is 15.4. The number of nitrogens with zero attached hydrogens (tertiary/aromatic N) is 3. The van der Waals surface area contributed by atoms with Crippen LogP contribution in [0, 0.1) is 5.92 Å². The summed E-state index contributed by atoms with van der Waals surface area (Å²) in [7, 11) is 0. The van der Waals surface area contributed by atoms with Gasteiger partial charge in [0, 0.05) is 37.3 Å². The average molecular weight is 439 g/mol. The number of rotatable bonds is 8. The van der Waals surface area contributed by atoms with Crippen LogP contribution in [0.25, 0.3) is 0 Å². The van der Waals surface area contributed by atoms with Crippen LogP contribution in [0.15, 0.2) is 53.7 Å². The van der Waals surface area contributed by atoms with Crippen LogP contribution in [0.2, 0.25) is 0 Å². The molecular weight excluding hydrogens is 404 g/mol. The zero-order valence-electron chi connectivity index (χ0n) is 18.9. The molecule has 1 unspecified atom stereocenters. The molecule has 1 aromatic carbocycles. The maximum absolute atomic E-state index is 11.5. The Morgan fingerprint density at radius 1 is 1.22 bits per heavy atom. The Balaban J connectivity index is 1.67. The van der Waals surface area contributed by atoms with E-state index in [0.717, 1.165) is 42.9 Å². The highest BCUT2D eigenvalue weighted by atomic mass is 16.3. The monoisotopic (exact) mass is 438 g/mol. The Morgan fingerprint density at radius 2 is 1.94 bits per heavy atom. The van der Waals surface area contributed by atoms with Crippen molar-refractivity contribution in [2.45, 2.75) is 38.8 Å². The number of aliphatic imine (C=N–C) groups is 1. The molecule has 0 spiro atoms. The van der Waals surface area contributed by atoms with Crippen LogP contribution in [0.1, 0.15) is 37.8 Å². The number of aromatic nitrogens is 1. The molecule has 8 heteroatoms. The van der Waals surface area contributed by atoms with Gasteiger partial charge in [-0.3, -0.25) is 4.79 Å². The van der Waals surface area contributed by atoms with E-state index in [-0.39, 0.29) is 11.8 Å². The van der Waals surface area contributed by atoms with E-state index in [1.807, 2.05) is 49.4 Å². The van der Waals surface area contributed by atoms with Gasteiger partial charge in [0.1, 0.15) is 11.4 Å². The van der Waals surface area contributed by atoms with E-state index < -0.39 is 5.60 Å². The smallest absolute Gasteiger partial charge is 0.220 e. The van der Waals surface area contributed by atoms with Crippen molar-refractivity contribution in [3.63, 3.8) is 0 Å². The number of hydrogen-bond acceptors (Lipinski definition) is 5. The summed E-state index contributed by atoms with van der Waals surface area (Å²) in [6.07, 6.45) is 3.27. The van der Waals surface area contributed by atoms with Crippen LogP contribution >= 0.6 is 0 Å². The summed E-state index contributed by atoms with van der Waals surface area (Å²) >= 11 is 0. The predicted octanol–water partition coefficient (Wildman–Crippen LogP) is 1.75. The minimum atomic E-state index is -1.03. The summed E-state index contributed by atoms with van der Waals surface area (Å²) in [4.78, 5) is 23.0. The average Bonchev–Trinajstić information content (AvgIpc) is 2.82. The highest BCUT2D eigenvalue weighted by Gasteiger charge is 2.25. The molecule has 5 N–H and O–H groups in total. The molecule has 1 aliphatic heterocycles. The second-order valence-electron chi connectivity index (χ2n) is 8.34. The van der Waals surface area contributed by atoms with Gasteiger partial charge in [-0.1, -0.05) is 36.4 Å². The number of amides is 1. The van der Waals surface area contributed by atoms with Gasteiger partial charge in [0.25, 0.3) is 0 Å². The van der Waals surface area contributed by atoms with Gasteiger partial charge in [0.05, 0.1) is 13.1 Å². The molecule has 0 radical (unpaired) electrons. The number of aliphatic hydroxyl groups is 1. The first-order valence-electron chi connectivity index (χ1n) is 11.2. The molecule has 1 amide bonds. The predicted molar refractivity (Wildman–Crippen MR) is 127 cm³/mol. The second kappa shape index (κ2) is 10.9. The number of pyridine rings is 1. The number of primary amides is 1. The Kier molecular flexibility index (Phi) is 8.05. The summed E-state index contributed by atoms with van der Waals surface area (Å²) in [6, 6.07) is 13.5. The number of guanidine groups is 1. The lowest BCUT2D eigenvalue weighted by atomic mass is 9.96. The van der Waals surface area contributed by atoms with Crippen LogP contribution in [0.5, 0.6) is 0 Å². The highest BCUT2D eigenvalue weighted by molar-refractivity contribution is 5.80. The van der Waals surface area contributed by atoms with Crippen molar-refractivity contribution in [1.82, 2.24) is 15.6 Å². The maximum atomic E-state index is 11.5. The van der Waals surface area contributed by atoms with Crippen LogP contribution < -0.4 is 21.3 Å². The normalized spacial score (nSPS) is 17.0. The summed E-state index contributed by atoms with van der Waals surface area (Å²) in [5, 5.41) is 17.4. The lowest BCUT2D eigenvalue weighted by Crippen LogP contribution is -2.44. The summed E-state index contributed by atoms with van der Waals surface area (Å²) in [5.74, 6) is 1.25. The molecule has 3 rings (SSSR count). The molecule has 1 saturated heterocycles. The van der Waals surface area contributed by atoms with Gasteiger partial charge in [-0.15, -0.1) is 0 Å². The third-order valence-electron chi connectivity index (χ3n) is 5.81. The Morgan fingerprint density at radius 3 is 2.59 bits per heavy atom. The number of carbonyl (C=O) groups is 1. The van der Waals surface area contributed by atoms with Gasteiger partial charge in [-0.25, -0.2) is 9.98 Å². The molecule has 32 heavy (non-hydrogen) atoms. The molecule has 2 heterocycles. The molecule has 1 aliphatic rings. The standard InChI is InChI=1S/C24H34N6O2/c1-3-26-23(29-17-24(2,32)20-9-5-4-6-10-20)28-16-19-8-7-13-27-22(19)30-14-11-18(12-15-30)21(25)31/h4-10,13,18,32H,3,11-12,14-17H2,1-2H3,(H2,25,31)(H2,26,28,29). The third-order valence-corrected chi connectivity index (χ3v) is 5.81. The van der Waals surface area contributed by atoms with Crippen molar-refractivity contribution >= 4 is 17.7 Å². The topological polar surface area (TPSA) is 116 Å². The second-order valence-corrected chi connectivity index (χ2v) is 8.34. The molecule has 172 valence electrons. The van der Waals surface area contributed by atoms with E-state index in [9.17, 15) is 9.90 Å². The Bertz CT molecular complexity index is 908. The van der Waals surface area contributed by atoms with Crippen molar-refractivity contribution in [3.05, 3.63) is 59.8 Å². The number of nitrogens with two attached hydrogens (primary N) is 1. The van der Waals surface area contributed by atoms with Gasteiger partial charge >= 0.3 is 0 Å². The lowest BCUT2D eigenvalue weighted by Gasteiger charge is -2.32.